The van der Waals surface area contributed by atoms with Crippen LogP contribution in [0.4, 0.5) is 5.69 Å². The quantitative estimate of drug-likeness (QED) is 0.645. The summed E-state index contributed by atoms with van der Waals surface area (Å²) in [6.07, 6.45) is 0.718. The van der Waals surface area contributed by atoms with E-state index in [1.807, 2.05) is 49.6 Å². The van der Waals surface area contributed by atoms with Crippen molar-refractivity contribution >= 4 is 41.2 Å². The van der Waals surface area contributed by atoms with Gasteiger partial charge in [0, 0.05) is 12.2 Å². The first kappa shape index (κ1) is 21.0. The Morgan fingerprint density at radius 3 is 2.40 bits per heavy atom. The number of amides is 2. The fourth-order valence-electron chi connectivity index (χ4n) is 2.28. The molecule has 0 aliphatic heterocycles. The van der Waals surface area contributed by atoms with Gasteiger partial charge >= 0.3 is 0 Å². The Labute approximate surface area is 158 Å². The van der Waals surface area contributed by atoms with Gasteiger partial charge in [0.1, 0.15) is 6.04 Å². The summed E-state index contributed by atoms with van der Waals surface area (Å²) >= 11 is 1.36. The molecular weight excluding hydrogens is 358 g/mol. The standard InChI is InChI=1S/C18H23N3O2S.ClH/c1-12(2)16(21-17(22)15-4-3-11-24-15)18(23)20-10-9-13-5-7-14(19)8-6-13;/h3-8,11-12,16H,9-10,19H2,1-2H3,(H,20,23)(H,21,22);1H. The van der Waals surface area contributed by atoms with E-state index < -0.39 is 6.04 Å². The molecule has 2 amide bonds. The van der Waals surface area contributed by atoms with E-state index in [2.05, 4.69) is 10.6 Å². The third-order valence-corrected chi connectivity index (χ3v) is 4.54. The summed E-state index contributed by atoms with van der Waals surface area (Å²) in [5.41, 5.74) is 7.48. The molecule has 1 heterocycles. The predicted octanol–water partition coefficient (Wildman–Crippen LogP) is 2.87. The van der Waals surface area contributed by atoms with Crippen LogP contribution in [-0.2, 0) is 11.2 Å². The Balaban J connectivity index is 0.00000312. The molecule has 25 heavy (non-hydrogen) atoms. The molecule has 1 unspecified atom stereocenters. The van der Waals surface area contributed by atoms with E-state index in [0.29, 0.717) is 11.4 Å². The van der Waals surface area contributed by atoms with Crippen LogP contribution in [0, 0.1) is 5.92 Å². The van der Waals surface area contributed by atoms with Gasteiger partial charge in [-0.2, -0.15) is 0 Å². The molecule has 2 aromatic rings. The molecule has 5 nitrogen and oxygen atoms in total. The summed E-state index contributed by atoms with van der Waals surface area (Å²) in [5, 5.41) is 7.55. The number of nitrogens with one attached hydrogen (secondary N) is 2. The van der Waals surface area contributed by atoms with E-state index >= 15 is 0 Å². The Morgan fingerprint density at radius 1 is 1.16 bits per heavy atom. The molecule has 4 N–H and O–H groups in total. The van der Waals surface area contributed by atoms with Crippen LogP contribution in [0.2, 0.25) is 0 Å². The fraction of sp³-hybridized carbons (Fsp3) is 0.333. The first-order valence-corrected chi connectivity index (χ1v) is 8.82. The highest BCUT2D eigenvalue weighted by molar-refractivity contribution is 7.12. The first-order chi connectivity index (χ1) is 11.5. The largest absolute Gasteiger partial charge is 0.399 e. The number of carbonyl (C=O) groups is 2. The molecule has 0 aliphatic carbocycles. The molecule has 136 valence electrons. The minimum atomic E-state index is -0.550. The first-order valence-electron chi connectivity index (χ1n) is 7.94. The topological polar surface area (TPSA) is 84.2 Å². The molecule has 2 rings (SSSR count). The molecule has 1 aromatic heterocycles. The van der Waals surface area contributed by atoms with Gasteiger partial charge in [0.15, 0.2) is 0 Å². The number of anilines is 1. The van der Waals surface area contributed by atoms with Gasteiger partial charge in [0.25, 0.3) is 5.91 Å². The van der Waals surface area contributed by atoms with Crippen molar-refractivity contribution < 1.29 is 9.59 Å². The average Bonchev–Trinajstić information content (AvgIpc) is 3.08. The summed E-state index contributed by atoms with van der Waals surface area (Å²) in [6.45, 7) is 4.35. The Bertz CT molecular complexity index is 672. The lowest BCUT2D eigenvalue weighted by Gasteiger charge is -2.21. The van der Waals surface area contributed by atoms with Gasteiger partial charge in [0.05, 0.1) is 4.88 Å². The van der Waals surface area contributed by atoms with Gasteiger partial charge < -0.3 is 16.4 Å². The normalized spacial score (nSPS) is 11.5. The summed E-state index contributed by atoms with van der Waals surface area (Å²) in [5.74, 6) is -0.367. The second-order valence-corrected chi connectivity index (χ2v) is 6.90. The highest BCUT2D eigenvalue weighted by Gasteiger charge is 2.24. The van der Waals surface area contributed by atoms with Crippen LogP contribution in [0.25, 0.3) is 0 Å². The Hall–Kier alpha value is -2.05. The fourth-order valence-corrected chi connectivity index (χ4v) is 2.91. The zero-order valence-electron chi connectivity index (χ0n) is 14.3. The van der Waals surface area contributed by atoms with Gasteiger partial charge in [-0.15, -0.1) is 23.7 Å². The molecule has 0 spiro atoms. The molecule has 0 fully saturated rings. The van der Waals surface area contributed by atoms with Crippen molar-refractivity contribution in [2.45, 2.75) is 26.3 Å². The summed E-state index contributed by atoms with van der Waals surface area (Å²) < 4.78 is 0. The zero-order valence-corrected chi connectivity index (χ0v) is 16.0. The molecular formula is C18H24ClN3O2S. The van der Waals surface area contributed by atoms with Crippen molar-refractivity contribution in [1.29, 1.82) is 0 Å². The van der Waals surface area contributed by atoms with Crippen molar-refractivity contribution in [1.82, 2.24) is 10.6 Å². The van der Waals surface area contributed by atoms with Crippen molar-refractivity contribution in [3.05, 3.63) is 52.2 Å². The van der Waals surface area contributed by atoms with Crippen LogP contribution in [0.15, 0.2) is 41.8 Å². The Kier molecular flexibility index (Phi) is 8.45. The second kappa shape index (κ2) is 10.1. The number of hydrogen-bond donors (Lipinski definition) is 3. The molecule has 0 saturated carbocycles. The van der Waals surface area contributed by atoms with Crippen LogP contribution in [0.3, 0.4) is 0 Å². The third kappa shape index (κ3) is 6.40. The van der Waals surface area contributed by atoms with Gasteiger partial charge in [0.2, 0.25) is 5.91 Å². The molecule has 0 bridgehead atoms. The van der Waals surface area contributed by atoms with Crippen LogP contribution in [0.1, 0.15) is 29.1 Å². The van der Waals surface area contributed by atoms with Crippen LogP contribution in [0.5, 0.6) is 0 Å². The monoisotopic (exact) mass is 381 g/mol. The number of benzene rings is 1. The van der Waals surface area contributed by atoms with Crippen molar-refractivity contribution in [2.75, 3.05) is 12.3 Å². The lowest BCUT2D eigenvalue weighted by molar-refractivity contribution is -0.123. The maximum Gasteiger partial charge on any atom is 0.262 e. The number of rotatable bonds is 7. The minimum Gasteiger partial charge on any atom is -0.399 e. The maximum atomic E-state index is 12.4. The Morgan fingerprint density at radius 2 is 1.84 bits per heavy atom. The number of carbonyl (C=O) groups excluding carboxylic acids is 2. The number of hydrogen-bond acceptors (Lipinski definition) is 4. The molecule has 1 atom stereocenters. The van der Waals surface area contributed by atoms with E-state index in [0.717, 1.165) is 17.7 Å². The number of thiophene rings is 1. The van der Waals surface area contributed by atoms with E-state index in [-0.39, 0.29) is 30.1 Å². The third-order valence-electron chi connectivity index (χ3n) is 3.67. The molecule has 7 heteroatoms. The molecule has 0 radical (unpaired) electrons. The van der Waals surface area contributed by atoms with Gasteiger partial charge in [-0.05, 0) is 41.5 Å². The number of halogens is 1. The van der Waals surface area contributed by atoms with Gasteiger partial charge in [-0.3, -0.25) is 9.59 Å². The van der Waals surface area contributed by atoms with Crippen molar-refractivity contribution in [3.63, 3.8) is 0 Å². The van der Waals surface area contributed by atoms with E-state index in [9.17, 15) is 9.59 Å². The van der Waals surface area contributed by atoms with Gasteiger partial charge in [-0.25, -0.2) is 0 Å². The van der Waals surface area contributed by atoms with Crippen molar-refractivity contribution in [2.24, 2.45) is 5.92 Å². The summed E-state index contributed by atoms with van der Waals surface area (Å²) in [6, 6.07) is 10.6. The maximum absolute atomic E-state index is 12.4. The van der Waals surface area contributed by atoms with E-state index in [1.165, 1.54) is 11.3 Å². The summed E-state index contributed by atoms with van der Waals surface area (Å²) in [4.78, 5) is 25.2. The predicted molar refractivity (Wildman–Crippen MR) is 105 cm³/mol. The lowest BCUT2D eigenvalue weighted by Crippen LogP contribution is -2.49. The molecule has 0 aliphatic rings. The average molecular weight is 382 g/mol. The minimum absolute atomic E-state index is 0. The smallest absolute Gasteiger partial charge is 0.262 e. The van der Waals surface area contributed by atoms with Crippen LogP contribution < -0.4 is 16.4 Å². The van der Waals surface area contributed by atoms with Crippen molar-refractivity contribution in [3.8, 4) is 0 Å². The highest BCUT2D eigenvalue weighted by Crippen LogP contribution is 2.10. The number of nitrogens with two attached hydrogens (primary N) is 1. The highest BCUT2D eigenvalue weighted by atomic mass is 35.5. The SMILES string of the molecule is CC(C)C(NC(=O)c1cccs1)C(=O)NCCc1ccc(N)cc1.Cl. The number of nitrogen functional groups attached to an aromatic ring is 1. The molecule has 1 aromatic carbocycles. The second-order valence-electron chi connectivity index (χ2n) is 5.96. The van der Waals surface area contributed by atoms with E-state index in [4.69, 9.17) is 5.73 Å². The molecule has 0 saturated heterocycles. The lowest BCUT2D eigenvalue weighted by atomic mass is 10.0. The van der Waals surface area contributed by atoms with Gasteiger partial charge in [-0.1, -0.05) is 32.0 Å². The van der Waals surface area contributed by atoms with Crippen LogP contribution >= 0.6 is 23.7 Å². The summed E-state index contributed by atoms with van der Waals surface area (Å²) in [7, 11) is 0. The van der Waals surface area contributed by atoms with Crippen LogP contribution in [-0.4, -0.2) is 24.4 Å². The van der Waals surface area contributed by atoms with E-state index in [1.54, 1.807) is 6.07 Å². The zero-order chi connectivity index (χ0) is 17.5.